The van der Waals surface area contributed by atoms with Crippen LogP contribution in [0.1, 0.15) is 26.3 Å². The zero-order valence-electron chi connectivity index (χ0n) is 11.7. The molecule has 1 aromatic heterocycles. The van der Waals surface area contributed by atoms with Gasteiger partial charge in [-0.05, 0) is 29.1 Å². The molecule has 1 aliphatic rings. The fraction of sp³-hybridized carbons (Fsp3) is 0.0556. The second kappa shape index (κ2) is 4.77. The van der Waals surface area contributed by atoms with E-state index >= 15 is 0 Å². The summed E-state index contributed by atoms with van der Waals surface area (Å²) in [6, 6.07) is 14.7. The Morgan fingerprint density at radius 1 is 0.864 bits per heavy atom. The van der Waals surface area contributed by atoms with Crippen LogP contribution in [0.15, 0.2) is 60.9 Å². The van der Waals surface area contributed by atoms with Crippen molar-refractivity contribution in [3.63, 3.8) is 0 Å². The monoisotopic (exact) mass is 288 g/mol. The minimum atomic E-state index is -0.252. The van der Waals surface area contributed by atoms with E-state index in [1.165, 1.54) is 4.90 Å². The van der Waals surface area contributed by atoms with Crippen molar-refractivity contribution >= 4 is 22.6 Å². The number of hydrogen-bond donors (Lipinski definition) is 0. The molecular weight excluding hydrogens is 276 g/mol. The van der Waals surface area contributed by atoms with Gasteiger partial charge in [-0.15, -0.1) is 0 Å². The molecule has 0 bridgehead atoms. The van der Waals surface area contributed by atoms with Gasteiger partial charge < -0.3 is 0 Å². The van der Waals surface area contributed by atoms with E-state index in [0.717, 1.165) is 16.3 Å². The van der Waals surface area contributed by atoms with Crippen LogP contribution < -0.4 is 0 Å². The van der Waals surface area contributed by atoms with Crippen LogP contribution in [0.3, 0.4) is 0 Å². The van der Waals surface area contributed by atoms with Crippen molar-refractivity contribution in [2.24, 2.45) is 0 Å². The summed E-state index contributed by atoms with van der Waals surface area (Å²) < 4.78 is 0. The van der Waals surface area contributed by atoms with Crippen molar-refractivity contribution in [1.29, 1.82) is 0 Å². The van der Waals surface area contributed by atoms with E-state index in [0.29, 0.717) is 11.1 Å². The first kappa shape index (κ1) is 12.7. The fourth-order valence-corrected chi connectivity index (χ4v) is 2.90. The molecule has 106 valence electrons. The number of pyridine rings is 1. The first-order chi connectivity index (χ1) is 10.8. The maximum absolute atomic E-state index is 12.7. The quantitative estimate of drug-likeness (QED) is 0.681. The third-order valence-electron chi connectivity index (χ3n) is 3.92. The summed E-state index contributed by atoms with van der Waals surface area (Å²) in [7, 11) is 0. The molecule has 4 nitrogen and oxygen atoms in total. The van der Waals surface area contributed by atoms with Crippen molar-refractivity contribution in [3.05, 3.63) is 77.6 Å². The average Bonchev–Trinajstić information content (AvgIpc) is 2.57. The molecule has 0 saturated carbocycles. The molecule has 3 aromatic rings. The number of hydrogen-bond acceptors (Lipinski definition) is 3. The third kappa shape index (κ3) is 1.81. The summed E-state index contributed by atoms with van der Waals surface area (Å²) in [5.41, 5.74) is 1.99. The van der Waals surface area contributed by atoms with Crippen LogP contribution in [0.25, 0.3) is 10.8 Å². The maximum Gasteiger partial charge on any atom is 0.261 e. The number of nitrogens with zero attached hydrogens (tertiary/aromatic N) is 2. The average molecular weight is 288 g/mol. The van der Waals surface area contributed by atoms with Crippen LogP contribution in [0, 0.1) is 0 Å². The molecule has 2 heterocycles. The molecule has 0 radical (unpaired) electrons. The highest BCUT2D eigenvalue weighted by molar-refractivity contribution is 6.25. The van der Waals surface area contributed by atoms with E-state index in [1.807, 2.05) is 30.3 Å². The van der Waals surface area contributed by atoms with Crippen LogP contribution in [-0.4, -0.2) is 21.7 Å². The van der Waals surface area contributed by atoms with Gasteiger partial charge in [0.15, 0.2) is 0 Å². The molecule has 0 atom stereocenters. The van der Waals surface area contributed by atoms with Gasteiger partial charge in [0.1, 0.15) is 0 Å². The minimum Gasteiger partial charge on any atom is -0.270 e. The Morgan fingerprint density at radius 2 is 1.55 bits per heavy atom. The standard InChI is InChI=1S/C18H12N2O2/c21-17-14-7-1-5-13-6-2-8-15(16(13)14)18(22)20(17)11-12-4-3-9-19-10-12/h1-10H,11H2. The summed E-state index contributed by atoms with van der Waals surface area (Å²) in [4.78, 5) is 30.7. The van der Waals surface area contributed by atoms with Gasteiger partial charge in [-0.1, -0.05) is 30.3 Å². The highest BCUT2D eigenvalue weighted by Crippen LogP contribution is 2.30. The lowest BCUT2D eigenvalue weighted by Gasteiger charge is -2.27. The normalized spacial score (nSPS) is 13.7. The van der Waals surface area contributed by atoms with Crippen LogP contribution in [0.5, 0.6) is 0 Å². The Hall–Kier alpha value is -3.01. The first-order valence-electron chi connectivity index (χ1n) is 7.02. The topological polar surface area (TPSA) is 50.3 Å². The van der Waals surface area contributed by atoms with Crippen LogP contribution >= 0.6 is 0 Å². The van der Waals surface area contributed by atoms with Gasteiger partial charge >= 0.3 is 0 Å². The molecule has 22 heavy (non-hydrogen) atoms. The molecular formula is C18H12N2O2. The summed E-state index contributed by atoms with van der Waals surface area (Å²) in [6.07, 6.45) is 3.33. The molecule has 0 aliphatic carbocycles. The number of amides is 2. The maximum atomic E-state index is 12.7. The number of imide groups is 1. The predicted octanol–water partition coefficient (Wildman–Crippen LogP) is 3.03. The van der Waals surface area contributed by atoms with E-state index in [-0.39, 0.29) is 18.4 Å². The molecule has 2 amide bonds. The summed E-state index contributed by atoms with van der Waals surface area (Å²) in [5, 5.41) is 1.67. The summed E-state index contributed by atoms with van der Waals surface area (Å²) in [5.74, 6) is -0.503. The summed E-state index contributed by atoms with van der Waals surface area (Å²) in [6.45, 7) is 0.232. The highest BCUT2D eigenvalue weighted by Gasteiger charge is 2.32. The predicted molar refractivity (Wildman–Crippen MR) is 82.4 cm³/mol. The Kier molecular flexibility index (Phi) is 2.76. The second-order valence-corrected chi connectivity index (χ2v) is 5.27. The van der Waals surface area contributed by atoms with Gasteiger partial charge in [0, 0.05) is 28.9 Å². The van der Waals surface area contributed by atoms with Crippen molar-refractivity contribution in [3.8, 4) is 0 Å². The van der Waals surface area contributed by atoms with Gasteiger partial charge in [-0.25, -0.2) is 0 Å². The molecule has 4 heteroatoms. The highest BCUT2D eigenvalue weighted by atomic mass is 16.2. The SMILES string of the molecule is O=C1c2cccc3cccc(c23)C(=O)N1Cc1cccnc1. The lowest BCUT2D eigenvalue weighted by molar-refractivity contribution is 0.0598. The zero-order chi connectivity index (χ0) is 15.1. The van der Waals surface area contributed by atoms with E-state index in [9.17, 15) is 9.59 Å². The number of rotatable bonds is 2. The Morgan fingerprint density at radius 3 is 2.14 bits per heavy atom. The van der Waals surface area contributed by atoms with Crippen LogP contribution in [-0.2, 0) is 6.54 Å². The van der Waals surface area contributed by atoms with E-state index in [4.69, 9.17) is 0 Å². The smallest absolute Gasteiger partial charge is 0.261 e. The lowest BCUT2D eigenvalue weighted by Crippen LogP contribution is -2.39. The van der Waals surface area contributed by atoms with Crippen molar-refractivity contribution < 1.29 is 9.59 Å². The third-order valence-corrected chi connectivity index (χ3v) is 3.92. The van der Waals surface area contributed by atoms with E-state index < -0.39 is 0 Å². The van der Waals surface area contributed by atoms with Crippen molar-refractivity contribution in [2.45, 2.75) is 6.54 Å². The summed E-state index contributed by atoms with van der Waals surface area (Å²) >= 11 is 0. The largest absolute Gasteiger partial charge is 0.270 e. The van der Waals surface area contributed by atoms with Gasteiger partial charge in [0.25, 0.3) is 11.8 Å². The molecule has 0 spiro atoms. The Bertz CT molecular complexity index is 853. The van der Waals surface area contributed by atoms with Crippen LogP contribution in [0.4, 0.5) is 0 Å². The van der Waals surface area contributed by atoms with Gasteiger partial charge in [0.2, 0.25) is 0 Å². The number of carbonyl (C=O) groups is 2. The Balaban J connectivity index is 1.85. The number of aromatic nitrogens is 1. The Labute approximate surface area is 127 Å². The number of benzene rings is 2. The van der Waals surface area contributed by atoms with Gasteiger partial charge in [0.05, 0.1) is 6.54 Å². The fourth-order valence-electron chi connectivity index (χ4n) is 2.90. The van der Waals surface area contributed by atoms with Gasteiger partial charge in [-0.3, -0.25) is 19.5 Å². The molecule has 0 saturated heterocycles. The zero-order valence-corrected chi connectivity index (χ0v) is 11.7. The van der Waals surface area contributed by atoms with Crippen molar-refractivity contribution in [2.75, 3.05) is 0 Å². The minimum absolute atomic E-state index is 0.232. The van der Waals surface area contributed by atoms with Crippen molar-refractivity contribution in [1.82, 2.24) is 9.88 Å². The first-order valence-corrected chi connectivity index (χ1v) is 7.02. The number of carbonyl (C=O) groups excluding carboxylic acids is 2. The van der Waals surface area contributed by atoms with Gasteiger partial charge in [-0.2, -0.15) is 0 Å². The second-order valence-electron chi connectivity index (χ2n) is 5.27. The molecule has 1 aliphatic heterocycles. The van der Waals surface area contributed by atoms with Crippen LogP contribution in [0.2, 0.25) is 0 Å². The molecule has 4 rings (SSSR count). The molecule has 0 N–H and O–H groups in total. The molecule has 0 fully saturated rings. The lowest BCUT2D eigenvalue weighted by atomic mass is 9.94. The molecule has 2 aromatic carbocycles. The van der Waals surface area contributed by atoms with E-state index in [2.05, 4.69) is 4.98 Å². The van der Waals surface area contributed by atoms with E-state index in [1.54, 1.807) is 30.6 Å². The molecule has 0 unspecified atom stereocenters.